The van der Waals surface area contributed by atoms with Crippen LogP contribution < -0.4 is 5.32 Å². The Balaban J connectivity index is 1.88. The topological polar surface area (TPSA) is 35.8 Å². The van der Waals surface area contributed by atoms with Crippen molar-refractivity contribution in [3.05, 3.63) is 56.7 Å². The number of nitriles is 1. The van der Waals surface area contributed by atoms with Gasteiger partial charge in [-0.05, 0) is 47.5 Å². The van der Waals surface area contributed by atoms with E-state index in [9.17, 15) is 5.26 Å². The quantitative estimate of drug-likeness (QED) is 0.931. The van der Waals surface area contributed by atoms with Crippen molar-refractivity contribution in [2.45, 2.75) is 24.9 Å². The Labute approximate surface area is 121 Å². The molecule has 1 N–H and O–H groups in total. The first-order chi connectivity index (χ1) is 9.23. The summed E-state index contributed by atoms with van der Waals surface area (Å²) in [5.74, 6) is 0. The Hall–Kier alpha value is -1.34. The molecular weight excluding hydrogens is 276 g/mol. The average Bonchev–Trinajstić information content (AvgIpc) is 3.04. The van der Waals surface area contributed by atoms with Gasteiger partial charge in [0.25, 0.3) is 0 Å². The van der Waals surface area contributed by atoms with Crippen LogP contribution in [-0.2, 0) is 18.5 Å². The van der Waals surface area contributed by atoms with Crippen LogP contribution in [0, 0.1) is 11.3 Å². The van der Waals surface area contributed by atoms with Crippen LogP contribution in [0.2, 0.25) is 5.02 Å². The van der Waals surface area contributed by atoms with E-state index in [0.717, 1.165) is 30.0 Å². The molecule has 2 aromatic rings. The van der Waals surface area contributed by atoms with Crippen molar-refractivity contribution >= 4 is 22.9 Å². The van der Waals surface area contributed by atoms with E-state index in [0.29, 0.717) is 0 Å². The first-order valence-corrected chi connectivity index (χ1v) is 7.47. The Bertz CT molecular complexity index is 630. The van der Waals surface area contributed by atoms with Crippen LogP contribution in [0.25, 0.3) is 0 Å². The zero-order valence-electron chi connectivity index (χ0n) is 10.3. The molecule has 3 rings (SSSR count). The standard InChI is InChI=1S/C15H13ClN2S/c16-12-3-4-14-11(8-12)5-6-15(14,10-17)18-9-13-2-1-7-19-13/h1-4,7-8,18H,5-6,9H2. The summed E-state index contributed by atoms with van der Waals surface area (Å²) in [5, 5.41) is 15.8. The molecule has 0 saturated carbocycles. The maximum atomic E-state index is 9.62. The Morgan fingerprint density at radius 3 is 3.05 bits per heavy atom. The highest BCUT2D eigenvalue weighted by molar-refractivity contribution is 7.09. The zero-order chi connectivity index (χ0) is 13.3. The molecular formula is C15H13ClN2S. The molecule has 1 atom stereocenters. The van der Waals surface area contributed by atoms with E-state index in [1.54, 1.807) is 11.3 Å². The Morgan fingerprint density at radius 1 is 1.42 bits per heavy atom. The van der Waals surface area contributed by atoms with Gasteiger partial charge in [0.2, 0.25) is 0 Å². The molecule has 96 valence electrons. The van der Waals surface area contributed by atoms with Gasteiger partial charge in [-0.1, -0.05) is 23.7 Å². The Morgan fingerprint density at radius 2 is 2.32 bits per heavy atom. The molecule has 1 heterocycles. The maximum absolute atomic E-state index is 9.62. The van der Waals surface area contributed by atoms with Crippen molar-refractivity contribution < 1.29 is 0 Å². The minimum absolute atomic E-state index is 0.566. The van der Waals surface area contributed by atoms with Crippen LogP contribution in [0.15, 0.2) is 35.7 Å². The predicted octanol–water partition coefficient (Wildman–Crippen LogP) is 3.86. The molecule has 1 aliphatic carbocycles. The second kappa shape index (κ2) is 4.97. The predicted molar refractivity (Wildman–Crippen MR) is 78.2 cm³/mol. The molecule has 1 aliphatic rings. The number of fused-ring (bicyclic) bond motifs is 1. The number of hydrogen-bond donors (Lipinski definition) is 1. The lowest BCUT2D eigenvalue weighted by Crippen LogP contribution is -2.38. The van der Waals surface area contributed by atoms with Gasteiger partial charge in [0.05, 0.1) is 6.07 Å². The van der Waals surface area contributed by atoms with E-state index in [4.69, 9.17) is 11.6 Å². The van der Waals surface area contributed by atoms with Gasteiger partial charge in [0.15, 0.2) is 0 Å². The van der Waals surface area contributed by atoms with Crippen molar-refractivity contribution in [1.29, 1.82) is 5.26 Å². The summed E-state index contributed by atoms with van der Waals surface area (Å²) in [5.41, 5.74) is 1.70. The van der Waals surface area contributed by atoms with Crippen molar-refractivity contribution in [1.82, 2.24) is 5.32 Å². The lowest BCUT2D eigenvalue weighted by atomic mass is 9.93. The van der Waals surface area contributed by atoms with Crippen LogP contribution in [0.3, 0.4) is 0 Å². The van der Waals surface area contributed by atoms with E-state index in [-0.39, 0.29) is 0 Å². The van der Waals surface area contributed by atoms with Crippen molar-refractivity contribution in [2.24, 2.45) is 0 Å². The summed E-state index contributed by atoms with van der Waals surface area (Å²) < 4.78 is 0. The number of halogens is 1. The summed E-state index contributed by atoms with van der Waals surface area (Å²) in [7, 11) is 0. The molecule has 0 bridgehead atoms. The summed E-state index contributed by atoms with van der Waals surface area (Å²) in [6.07, 6.45) is 1.71. The zero-order valence-corrected chi connectivity index (χ0v) is 11.9. The minimum Gasteiger partial charge on any atom is -0.291 e. The molecule has 0 spiro atoms. The summed E-state index contributed by atoms with van der Waals surface area (Å²) in [6.45, 7) is 0.729. The van der Waals surface area contributed by atoms with Gasteiger partial charge in [-0.15, -0.1) is 11.3 Å². The summed E-state index contributed by atoms with van der Waals surface area (Å²) in [6, 6.07) is 12.4. The molecule has 1 unspecified atom stereocenters. The number of benzene rings is 1. The number of hydrogen-bond acceptors (Lipinski definition) is 3. The van der Waals surface area contributed by atoms with Crippen molar-refractivity contribution in [2.75, 3.05) is 0 Å². The molecule has 0 fully saturated rings. The van der Waals surface area contributed by atoms with E-state index in [1.807, 2.05) is 24.3 Å². The van der Waals surface area contributed by atoms with E-state index >= 15 is 0 Å². The maximum Gasteiger partial charge on any atom is 0.133 e. The molecule has 0 saturated heterocycles. The van der Waals surface area contributed by atoms with Gasteiger partial charge in [0.1, 0.15) is 5.54 Å². The molecule has 2 nitrogen and oxygen atoms in total. The van der Waals surface area contributed by atoms with E-state index < -0.39 is 5.54 Å². The van der Waals surface area contributed by atoms with E-state index in [1.165, 1.54) is 10.4 Å². The monoisotopic (exact) mass is 288 g/mol. The molecule has 19 heavy (non-hydrogen) atoms. The SMILES string of the molecule is N#CC1(NCc2cccs2)CCc2cc(Cl)ccc21. The first-order valence-electron chi connectivity index (χ1n) is 6.21. The number of rotatable bonds is 3. The van der Waals surface area contributed by atoms with Crippen molar-refractivity contribution in [3.63, 3.8) is 0 Å². The van der Waals surface area contributed by atoms with Gasteiger partial charge in [-0.2, -0.15) is 5.26 Å². The van der Waals surface area contributed by atoms with Crippen LogP contribution in [0.1, 0.15) is 22.4 Å². The molecule has 4 heteroatoms. The number of nitrogens with zero attached hydrogens (tertiary/aromatic N) is 1. The highest BCUT2D eigenvalue weighted by atomic mass is 35.5. The minimum atomic E-state index is -0.566. The van der Waals surface area contributed by atoms with Crippen LogP contribution in [-0.4, -0.2) is 0 Å². The van der Waals surface area contributed by atoms with Crippen LogP contribution in [0.4, 0.5) is 0 Å². The number of aryl methyl sites for hydroxylation is 1. The fourth-order valence-corrected chi connectivity index (χ4v) is 3.47. The number of nitrogens with one attached hydrogen (secondary N) is 1. The molecule has 0 amide bonds. The van der Waals surface area contributed by atoms with Crippen LogP contribution >= 0.6 is 22.9 Å². The van der Waals surface area contributed by atoms with Gasteiger partial charge < -0.3 is 0 Å². The van der Waals surface area contributed by atoms with Gasteiger partial charge >= 0.3 is 0 Å². The molecule has 1 aromatic carbocycles. The van der Waals surface area contributed by atoms with Crippen LogP contribution in [0.5, 0.6) is 0 Å². The largest absolute Gasteiger partial charge is 0.291 e. The Kier molecular flexibility index (Phi) is 3.32. The van der Waals surface area contributed by atoms with Gasteiger partial charge in [-0.25, -0.2) is 0 Å². The normalized spacial score (nSPS) is 21.1. The van der Waals surface area contributed by atoms with Gasteiger partial charge in [-0.3, -0.25) is 5.32 Å². The van der Waals surface area contributed by atoms with Gasteiger partial charge in [0, 0.05) is 16.4 Å². The average molecular weight is 289 g/mol. The smallest absolute Gasteiger partial charge is 0.133 e. The number of thiophene rings is 1. The second-order valence-electron chi connectivity index (χ2n) is 4.75. The summed E-state index contributed by atoms with van der Waals surface area (Å²) in [4.78, 5) is 1.25. The highest BCUT2D eigenvalue weighted by Gasteiger charge is 2.38. The lowest BCUT2D eigenvalue weighted by molar-refractivity contribution is 0.425. The third-order valence-electron chi connectivity index (χ3n) is 3.63. The fraction of sp³-hybridized carbons (Fsp3) is 0.267. The molecule has 0 aliphatic heterocycles. The van der Waals surface area contributed by atoms with Crippen molar-refractivity contribution in [3.8, 4) is 6.07 Å². The third kappa shape index (κ3) is 2.28. The fourth-order valence-electron chi connectivity index (χ4n) is 2.63. The summed E-state index contributed by atoms with van der Waals surface area (Å²) >= 11 is 7.72. The molecule has 0 radical (unpaired) electrons. The first kappa shape index (κ1) is 12.7. The lowest BCUT2D eigenvalue weighted by Gasteiger charge is -2.23. The second-order valence-corrected chi connectivity index (χ2v) is 6.22. The van der Waals surface area contributed by atoms with E-state index in [2.05, 4.69) is 22.8 Å². The highest BCUT2D eigenvalue weighted by Crippen LogP contribution is 2.38. The third-order valence-corrected chi connectivity index (χ3v) is 4.74. The molecule has 1 aromatic heterocycles.